The van der Waals surface area contributed by atoms with Crippen molar-refractivity contribution in [2.45, 2.75) is 114 Å². The van der Waals surface area contributed by atoms with Crippen LogP contribution in [0.15, 0.2) is 85.2 Å². The van der Waals surface area contributed by atoms with Crippen LogP contribution in [0.2, 0.25) is 18.1 Å². The van der Waals surface area contributed by atoms with E-state index < -0.39 is 19.5 Å². The topological polar surface area (TPSA) is 133 Å². The van der Waals surface area contributed by atoms with E-state index in [-0.39, 0.29) is 23.9 Å². The number of rotatable bonds is 14. The van der Waals surface area contributed by atoms with Gasteiger partial charge in [0.25, 0.3) is 0 Å². The third kappa shape index (κ3) is 10.1. The van der Waals surface area contributed by atoms with Crippen molar-refractivity contribution in [3.05, 3.63) is 119 Å². The molecule has 2 aliphatic carbocycles. The molecule has 4 aromatic rings. The molecule has 53 heavy (non-hydrogen) atoms. The van der Waals surface area contributed by atoms with Gasteiger partial charge in [-0.2, -0.15) is 0 Å². The van der Waals surface area contributed by atoms with Crippen molar-refractivity contribution in [3.63, 3.8) is 0 Å². The van der Waals surface area contributed by atoms with Crippen LogP contribution in [-0.4, -0.2) is 60.0 Å². The summed E-state index contributed by atoms with van der Waals surface area (Å²) in [6, 6.07) is 23.8. The van der Waals surface area contributed by atoms with Gasteiger partial charge >= 0.3 is 0 Å². The van der Waals surface area contributed by atoms with Gasteiger partial charge in [0.1, 0.15) is 0 Å². The second kappa shape index (κ2) is 17.2. The first-order valence-electron chi connectivity index (χ1n) is 18.3. The maximum Gasteiger partial charge on any atom is 0.219 e. The van der Waals surface area contributed by atoms with Gasteiger partial charge in [-0.05, 0) is 52.5 Å². The second-order valence-electron chi connectivity index (χ2n) is 15.7. The Morgan fingerprint density at radius 3 is 1.47 bits per heavy atom. The first kappa shape index (κ1) is 40.5. The number of pyridine rings is 2. The van der Waals surface area contributed by atoms with Crippen molar-refractivity contribution in [3.8, 4) is 11.8 Å². The lowest BCUT2D eigenvalue weighted by Crippen LogP contribution is -2.46. The highest BCUT2D eigenvalue weighted by atomic mass is 28.4. The van der Waals surface area contributed by atoms with E-state index in [4.69, 9.17) is 23.4 Å². The number of aromatic nitrogens is 2. The van der Waals surface area contributed by atoms with Crippen molar-refractivity contribution in [1.82, 2.24) is 9.97 Å². The van der Waals surface area contributed by atoms with Crippen molar-refractivity contribution < 1.29 is 38.7 Å². The SMILES string of the molecule is COc1ncc(CO)cc1C1(O)CC(OCc2ccccc2)C1.COc1ncc(CO[Si](C)(C)C(C)(C)C)cc1C1(O)CC(OCc2ccccc2)C1. The van der Waals surface area contributed by atoms with Gasteiger partial charge in [-0.3, -0.25) is 0 Å². The molecule has 3 N–H and O–H groups in total. The molecule has 0 aliphatic heterocycles. The van der Waals surface area contributed by atoms with Crippen LogP contribution in [0.4, 0.5) is 0 Å². The predicted molar refractivity (Wildman–Crippen MR) is 206 cm³/mol. The Labute approximate surface area is 315 Å². The lowest BCUT2D eigenvalue weighted by atomic mass is 9.72. The van der Waals surface area contributed by atoms with Crippen LogP contribution in [-0.2, 0) is 51.5 Å². The molecule has 2 saturated carbocycles. The van der Waals surface area contributed by atoms with E-state index in [0.29, 0.717) is 68.4 Å². The van der Waals surface area contributed by atoms with Gasteiger partial charge in [-0.25, -0.2) is 9.97 Å². The Hall–Kier alpha value is -3.68. The monoisotopic (exact) mass is 744 g/mol. The smallest absolute Gasteiger partial charge is 0.219 e. The highest BCUT2D eigenvalue weighted by Gasteiger charge is 2.48. The van der Waals surface area contributed by atoms with Crippen LogP contribution in [0.1, 0.15) is 79.8 Å². The number of aliphatic hydroxyl groups excluding tert-OH is 1. The average molecular weight is 745 g/mol. The van der Waals surface area contributed by atoms with E-state index in [1.807, 2.05) is 66.7 Å². The zero-order valence-electron chi connectivity index (χ0n) is 32.2. The molecule has 2 heterocycles. The van der Waals surface area contributed by atoms with E-state index in [1.54, 1.807) is 25.6 Å². The molecule has 11 heteroatoms. The van der Waals surface area contributed by atoms with Gasteiger partial charge in [0.2, 0.25) is 11.8 Å². The van der Waals surface area contributed by atoms with E-state index in [0.717, 1.165) is 22.3 Å². The summed E-state index contributed by atoms with van der Waals surface area (Å²) in [5.41, 5.74) is 3.21. The summed E-state index contributed by atoms with van der Waals surface area (Å²) in [6.45, 7) is 12.6. The average Bonchev–Trinajstić information content (AvgIpc) is 3.13. The van der Waals surface area contributed by atoms with Crippen LogP contribution in [0.5, 0.6) is 11.8 Å². The predicted octanol–water partition coefficient (Wildman–Crippen LogP) is 7.33. The fourth-order valence-electron chi connectivity index (χ4n) is 6.27. The summed E-state index contributed by atoms with van der Waals surface area (Å²) < 4.78 is 28.8. The number of ether oxygens (including phenoxy) is 4. The summed E-state index contributed by atoms with van der Waals surface area (Å²) in [5, 5.41) is 31.4. The number of methoxy groups -OCH3 is 2. The number of hydrogen-bond donors (Lipinski definition) is 3. The van der Waals surface area contributed by atoms with Gasteiger partial charge in [-0.1, -0.05) is 81.4 Å². The van der Waals surface area contributed by atoms with Crippen LogP contribution in [0.3, 0.4) is 0 Å². The van der Waals surface area contributed by atoms with Gasteiger partial charge in [0.15, 0.2) is 8.32 Å². The fraction of sp³-hybridized carbons (Fsp3) is 0.476. The third-order valence-electron chi connectivity index (χ3n) is 10.7. The molecule has 10 nitrogen and oxygen atoms in total. The first-order valence-corrected chi connectivity index (χ1v) is 21.2. The molecule has 0 radical (unpaired) electrons. The van der Waals surface area contributed by atoms with E-state index in [1.165, 1.54) is 7.11 Å². The van der Waals surface area contributed by atoms with Crippen molar-refractivity contribution >= 4 is 8.32 Å². The molecular weight excluding hydrogens is 689 g/mol. The quantitative estimate of drug-likeness (QED) is 0.113. The Morgan fingerprint density at radius 1 is 0.660 bits per heavy atom. The minimum absolute atomic E-state index is 0.00250. The lowest BCUT2D eigenvalue weighted by molar-refractivity contribution is -0.150. The Bertz CT molecular complexity index is 1750. The molecule has 286 valence electrons. The minimum Gasteiger partial charge on any atom is -0.481 e. The largest absolute Gasteiger partial charge is 0.481 e. The maximum absolute atomic E-state index is 11.2. The molecule has 0 atom stereocenters. The molecule has 0 unspecified atom stereocenters. The molecular formula is C42H56N2O8Si. The number of benzene rings is 2. The molecule has 2 aliphatic rings. The molecule has 2 aromatic heterocycles. The van der Waals surface area contributed by atoms with Crippen LogP contribution in [0.25, 0.3) is 0 Å². The Kier molecular flexibility index (Phi) is 13.1. The molecule has 2 fully saturated rings. The van der Waals surface area contributed by atoms with E-state index in [2.05, 4.69) is 43.8 Å². The van der Waals surface area contributed by atoms with Crippen LogP contribution >= 0.6 is 0 Å². The van der Waals surface area contributed by atoms with Gasteiger partial charge in [0.05, 0.1) is 64.1 Å². The number of nitrogens with zero attached hydrogens (tertiary/aromatic N) is 2. The van der Waals surface area contributed by atoms with E-state index >= 15 is 0 Å². The minimum atomic E-state index is -1.86. The fourth-order valence-corrected chi connectivity index (χ4v) is 7.23. The highest BCUT2D eigenvalue weighted by molar-refractivity contribution is 6.74. The third-order valence-corrected chi connectivity index (χ3v) is 15.2. The maximum atomic E-state index is 11.2. The zero-order valence-corrected chi connectivity index (χ0v) is 33.2. The Balaban J connectivity index is 0.000000211. The lowest BCUT2D eigenvalue weighted by Gasteiger charge is -2.44. The van der Waals surface area contributed by atoms with E-state index in [9.17, 15) is 15.3 Å². The molecule has 0 saturated heterocycles. The molecule has 6 rings (SSSR count). The normalized spacial score (nSPS) is 22.5. The highest BCUT2D eigenvalue weighted by Crippen LogP contribution is 2.47. The van der Waals surface area contributed by atoms with Crippen molar-refractivity contribution in [2.75, 3.05) is 14.2 Å². The van der Waals surface area contributed by atoms with Crippen molar-refractivity contribution in [1.29, 1.82) is 0 Å². The standard InChI is InChI=1S/C24H35NO4Si.C18H21NO4/c1-23(2,3)30(5,6)29-17-19-12-21(22(27-4)25-15-19)24(26)13-20(14-24)28-16-18-10-8-7-9-11-18;1-22-17-16(7-14(11-20)10-19-17)18(21)8-15(9-18)23-12-13-5-3-2-4-6-13/h7-12,15,20,26H,13-14,16-17H2,1-6H3;2-7,10,15,20-21H,8-9,11-12H2,1H3. The molecule has 0 spiro atoms. The first-order chi connectivity index (χ1) is 25.2. The summed E-state index contributed by atoms with van der Waals surface area (Å²) in [7, 11) is 1.25. The summed E-state index contributed by atoms with van der Waals surface area (Å²) in [6.07, 6.45) is 5.40. The zero-order chi connectivity index (χ0) is 38.3. The molecule has 0 amide bonds. The summed E-state index contributed by atoms with van der Waals surface area (Å²) >= 11 is 0. The summed E-state index contributed by atoms with van der Waals surface area (Å²) in [4.78, 5) is 8.59. The van der Waals surface area contributed by atoms with Crippen LogP contribution in [0, 0.1) is 0 Å². The number of aliphatic hydroxyl groups is 3. The summed E-state index contributed by atoms with van der Waals surface area (Å²) in [5.74, 6) is 0.862. The number of hydrogen-bond acceptors (Lipinski definition) is 10. The van der Waals surface area contributed by atoms with Gasteiger partial charge < -0.3 is 38.7 Å². The van der Waals surface area contributed by atoms with Crippen molar-refractivity contribution in [2.24, 2.45) is 0 Å². The van der Waals surface area contributed by atoms with Gasteiger partial charge in [0, 0.05) is 49.2 Å². The second-order valence-corrected chi connectivity index (χ2v) is 20.5. The molecule has 0 bridgehead atoms. The Morgan fingerprint density at radius 2 is 1.08 bits per heavy atom. The van der Waals surface area contributed by atoms with Crippen LogP contribution < -0.4 is 9.47 Å². The van der Waals surface area contributed by atoms with Gasteiger partial charge in [-0.15, -0.1) is 0 Å². The molecule has 2 aromatic carbocycles.